The summed E-state index contributed by atoms with van der Waals surface area (Å²) in [5.74, 6) is 1.03. The van der Waals surface area contributed by atoms with E-state index in [1.807, 2.05) is 36.3 Å². The molecule has 1 saturated carbocycles. The minimum atomic E-state index is 0.185. The molecule has 0 N–H and O–H groups in total. The lowest BCUT2D eigenvalue weighted by atomic mass is 9.89. The van der Waals surface area contributed by atoms with Crippen molar-refractivity contribution in [3.05, 3.63) is 42.2 Å². The molecule has 4 heteroatoms. The Kier molecular flexibility index (Phi) is 6.62. The molecule has 1 heterocycles. The van der Waals surface area contributed by atoms with E-state index in [0.29, 0.717) is 6.42 Å². The van der Waals surface area contributed by atoms with E-state index < -0.39 is 0 Å². The number of benzene rings is 1. The van der Waals surface area contributed by atoms with Gasteiger partial charge in [0.25, 0.3) is 0 Å². The van der Waals surface area contributed by atoms with E-state index >= 15 is 0 Å². The Labute approximate surface area is 157 Å². The number of aromatic nitrogens is 1. The lowest BCUT2D eigenvalue weighted by Crippen LogP contribution is -2.37. The summed E-state index contributed by atoms with van der Waals surface area (Å²) in [6.07, 6.45) is 11.0. The first-order valence-electron chi connectivity index (χ1n) is 9.87. The maximum atomic E-state index is 12.5. The summed E-state index contributed by atoms with van der Waals surface area (Å²) in [7, 11) is 4.10. The predicted octanol–water partition coefficient (Wildman–Crippen LogP) is 3.75. The van der Waals surface area contributed by atoms with Crippen LogP contribution >= 0.6 is 0 Å². The molecule has 0 saturated heterocycles. The molecule has 0 unspecified atom stereocenters. The highest BCUT2D eigenvalue weighted by molar-refractivity contribution is 5.84. The highest BCUT2D eigenvalue weighted by Crippen LogP contribution is 2.24. The number of fused-ring (bicyclic) bond motifs is 1. The molecule has 0 spiro atoms. The van der Waals surface area contributed by atoms with Gasteiger partial charge in [0.1, 0.15) is 0 Å². The highest BCUT2D eigenvalue weighted by atomic mass is 16.2. The van der Waals surface area contributed by atoms with Crippen molar-refractivity contribution in [2.75, 3.05) is 33.7 Å². The summed E-state index contributed by atoms with van der Waals surface area (Å²) >= 11 is 0. The molecule has 0 bridgehead atoms. The lowest BCUT2D eigenvalue weighted by Gasteiger charge is -2.28. The second kappa shape index (κ2) is 9.13. The number of pyridine rings is 1. The van der Waals surface area contributed by atoms with Crippen LogP contribution in [0.15, 0.2) is 36.7 Å². The maximum Gasteiger partial charge on any atom is 0.226 e. The van der Waals surface area contributed by atoms with E-state index in [9.17, 15) is 4.79 Å². The van der Waals surface area contributed by atoms with Gasteiger partial charge in [-0.05, 0) is 42.8 Å². The van der Waals surface area contributed by atoms with E-state index in [2.05, 4.69) is 23.0 Å². The molecule has 2 aromatic rings. The van der Waals surface area contributed by atoms with Crippen LogP contribution in [0.1, 0.15) is 37.7 Å². The standard InChI is InChI=1S/C22H31N3O/c1-24(17-18-6-4-3-5-7-18)12-13-25(2)22(26)15-19-8-9-21-16-23-11-10-20(21)14-19/h8-11,14,16,18H,3-7,12-13,15,17H2,1-2H3. The number of carbonyl (C=O) groups excluding carboxylic acids is 1. The summed E-state index contributed by atoms with van der Waals surface area (Å²) < 4.78 is 0. The minimum Gasteiger partial charge on any atom is -0.344 e. The Morgan fingerprint density at radius 2 is 1.88 bits per heavy atom. The van der Waals surface area contributed by atoms with Crippen LogP contribution in [0.25, 0.3) is 10.8 Å². The molecule has 1 aromatic carbocycles. The Morgan fingerprint density at radius 1 is 1.08 bits per heavy atom. The summed E-state index contributed by atoms with van der Waals surface area (Å²) in [5.41, 5.74) is 1.07. The van der Waals surface area contributed by atoms with E-state index in [1.54, 1.807) is 6.20 Å². The van der Waals surface area contributed by atoms with Gasteiger partial charge in [-0.3, -0.25) is 9.78 Å². The molecule has 1 aliphatic rings. The molecule has 140 valence electrons. The number of hydrogen-bond donors (Lipinski definition) is 0. The lowest BCUT2D eigenvalue weighted by molar-refractivity contribution is -0.129. The first kappa shape index (κ1) is 18.8. The minimum absolute atomic E-state index is 0.185. The zero-order chi connectivity index (χ0) is 18.4. The van der Waals surface area contributed by atoms with Crippen LogP contribution in [-0.2, 0) is 11.2 Å². The monoisotopic (exact) mass is 353 g/mol. The molecule has 1 aromatic heterocycles. The largest absolute Gasteiger partial charge is 0.344 e. The molecule has 26 heavy (non-hydrogen) atoms. The molecular weight excluding hydrogens is 322 g/mol. The van der Waals surface area contributed by atoms with Crippen LogP contribution in [0.5, 0.6) is 0 Å². The second-order valence-electron chi connectivity index (χ2n) is 7.82. The molecule has 1 aliphatic carbocycles. The summed E-state index contributed by atoms with van der Waals surface area (Å²) in [6.45, 7) is 2.91. The molecule has 4 nitrogen and oxygen atoms in total. The molecule has 1 amide bonds. The van der Waals surface area contributed by atoms with Crippen LogP contribution in [0.2, 0.25) is 0 Å². The molecule has 1 fully saturated rings. The van der Waals surface area contributed by atoms with Gasteiger partial charge >= 0.3 is 0 Å². The van der Waals surface area contributed by atoms with Crippen molar-refractivity contribution < 1.29 is 4.79 Å². The number of carbonyl (C=O) groups is 1. The fourth-order valence-electron chi connectivity index (χ4n) is 3.90. The van der Waals surface area contributed by atoms with Gasteiger partial charge < -0.3 is 9.80 Å². The van der Waals surface area contributed by atoms with Crippen LogP contribution in [0.4, 0.5) is 0 Å². The SMILES string of the molecule is CN(CCN(C)C(=O)Cc1ccc2cnccc2c1)CC1CCCCC1. The van der Waals surface area contributed by atoms with Crippen LogP contribution in [0.3, 0.4) is 0 Å². The van der Waals surface area contributed by atoms with Gasteiger partial charge in [-0.2, -0.15) is 0 Å². The zero-order valence-electron chi connectivity index (χ0n) is 16.2. The smallest absolute Gasteiger partial charge is 0.226 e. The average molecular weight is 354 g/mol. The van der Waals surface area contributed by atoms with Crippen LogP contribution in [-0.4, -0.2) is 54.4 Å². The van der Waals surface area contributed by atoms with Crippen molar-refractivity contribution in [3.8, 4) is 0 Å². The number of nitrogens with zero attached hydrogens (tertiary/aromatic N) is 3. The van der Waals surface area contributed by atoms with Gasteiger partial charge in [0.2, 0.25) is 5.91 Å². The van der Waals surface area contributed by atoms with Crippen molar-refractivity contribution in [2.24, 2.45) is 5.92 Å². The van der Waals surface area contributed by atoms with E-state index in [1.165, 1.54) is 38.6 Å². The van der Waals surface area contributed by atoms with Crippen molar-refractivity contribution in [1.29, 1.82) is 0 Å². The van der Waals surface area contributed by atoms with Gasteiger partial charge in [-0.25, -0.2) is 0 Å². The fourth-order valence-corrected chi connectivity index (χ4v) is 3.90. The summed E-state index contributed by atoms with van der Waals surface area (Å²) in [5, 5.41) is 2.25. The van der Waals surface area contributed by atoms with E-state index in [4.69, 9.17) is 0 Å². The highest BCUT2D eigenvalue weighted by Gasteiger charge is 2.16. The van der Waals surface area contributed by atoms with Gasteiger partial charge in [0, 0.05) is 44.5 Å². The Morgan fingerprint density at radius 3 is 2.69 bits per heavy atom. The first-order chi connectivity index (χ1) is 12.6. The van der Waals surface area contributed by atoms with Gasteiger partial charge in [-0.1, -0.05) is 37.5 Å². The third kappa shape index (κ3) is 5.28. The van der Waals surface area contributed by atoms with Crippen LogP contribution < -0.4 is 0 Å². The number of rotatable bonds is 7. The fraction of sp³-hybridized carbons (Fsp3) is 0.545. The molecule has 0 radical (unpaired) electrons. The van der Waals surface area contributed by atoms with Crippen LogP contribution in [0, 0.1) is 5.92 Å². The molecule has 3 rings (SSSR count). The van der Waals surface area contributed by atoms with Gasteiger partial charge in [0.15, 0.2) is 0 Å². The Balaban J connectivity index is 1.45. The van der Waals surface area contributed by atoms with Gasteiger partial charge in [-0.15, -0.1) is 0 Å². The normalized spacial score (nSPS) is 15.5. The number of likely N-dealkylation sites (N-methyl/N-ethyl adjacent to an activating group) is 2. The molecule has 0 atom stereocenters. The third-order valence-electron chi connectivity index (χ3n) is 5.60. The first-order valence-corrected chi connectivity index (χ1v) is 9.87. The quantitative estimate of drug-likeness (QED) is 0.761. The van der Waals surface area contributed by atoms with Crippen molar-refractivity contribution in [2.45, 2.75) is 38.5 Å². The molecular formula is C22H31N3O. The summed E-state index contributed by atoms with van der Waals surface area (Å²) in [6, 6.07) is 8.17. The number of amides is 1. The maximum absolute atomic E-state index is 12.5. The topological polar surface area (TPSA) is 36.4 Å². The van der Waals surface area contributed by atoms with E-state index in [0.717, 1.165) is 35.3 Å². The van der Waals surface area contributed by atoms with E-state index in [-0.39, 0.29) is 5.91 Å². The second-order valence-corrected chi connectivity index (χ2v) is 7.82. The van der Waals surface area contributed by atoms with Crippen molar-refractivity contribution >= 4 is 16.7 Å². The summed E-state index contributed by atoms with van der Waals surface area (Å²) in [4.78, 5) is 20.9. The average Bonchev–Trinajstić information content (AvgIpc) is 2.66. The zero-order valence-corrected chi connectivity index (χ0v) is 16.2. The number of hydrogen-bond acceptors (Lipinski definition) is 3. The van der Waals surface area contributed by atoms with Gasteiger partial charge in [0.05, 0.1) is 6.42 Å². The van der Waals surface area contributed by atoms with Crippen molar-refractivity contribution in [3.63, 3.8) is 0 Å². The third-order valence-corrected chi connectivity index (χ3v) is 5.60. The molecule has 0 aliphatic heterocycles. The van der Waals surface area contributed by atoms with Crippen molar-refractivity contribution in [1.82, 2.24) is 14.8 Å². The Hall–Kier alpha value is -1.94. The predicted molar refractivity (Wildman–Crippen MR) is 107 cm³/mol. The Bertz CT molecular complexity index is 724.